The number of nitrogens with two attached hydrogens (primary N) is 1. The monoisotopic (exact) mass is 352 g/mol. The molecule has 0 spiro atoms. The molecule has 132 valence electrons. The van der Waals surface area contributed by atoms with Crippen LogP contribution in [0.3, 0.4) is 0 Å². The minimum Gasteiger partial charge on any atom is -0.366 e. The van der Waals surface area contributed by atoms with Gasteiger partial charge in [-0.1, -0.05) is 12.1 Å². The molecule has 3 rings (SSSR count). The largest absolute Gasteiger partial charge is 0.366 e. The zero-order valence-corrected chi connectivity index (χ0v) is 14.1. The van der Waals surface area contributed by atoms with Crippen molar-refractivity contribution in [3.05, 3.63) is 83.4 Å². The third kappa shape index (κ3) is 3.77. The molecule has 2 amide bonds. The van der Waals surface area contributed by atoms with Gasteiger partial charge in [-0.25, -0.2) is 9.07 Å². The van der Waals surface area contributed by atoms with Gasteiger partial charge in [0.2, 0.25) is 5.91 Å². The number of aromatic nitrogens is 2. The van der Waals surface area contributed by atoms with E-state index < -0.39 is 5.91 Å². The van der Waals surface area contributed by atoms with Crippen molar-refractivity contribution in [2.24, 2.45) is 5.73 Å². The minimum atomic E-state index is -0.493. The van der Waals surface area contributed by atoms with E-state index >= 15 is 0 Å². The normalized spacial score (nSPS) is 10.5. The van der Waals surface area contributed by atoms with Crippen LogP contribution in [0.5, 0.6) is 0 Å². The van der Waals surface area contributed by atoms with Crippen LogP contribution in [0.2, 0.25) is 0 Å². The Kier molecular flexibility index (Phi) is 4.79. The maximum absolute atomic E-state index is 13.0. The van der Waals surface area contributed by atoms with Crippen LogP contribution in [0, 0.1) is 5.82 Å². The summed E-state index contributed by atoms with van der Waals surface area (Å²) in [4.78, 5) is 25.2. The fourth-order valence-electron chi connectivity index (χ4n) is 2.49. The van der Waals surface area contributed by atoms with Gasteiger partial charge in [0, 0.05) is 25.4 Å². The first-order chi connectivity index (χ1) is 12.4. The van der Waals surface area contributed by atoms with E-state index in [1.54, 1.807) is 55.7 Å². The predicted octanol–water partition coefficient (Wildman–Crippen LogP) is 2.38. The van der Waals surface area contributed by atoms with Crippen molar-refractivity contribution in [2.45, 2.75) is 6.54 Å². The minimum absolute atomic E-state index is 0.246. The van der Waals surface area contributed by atoms with Crippen LogP contribution >= 0.6 is 0 Å². The van der Waals surface area contributed by atoms with Crippen LogP contribution in [-0.4, -0.2) is 33.5 Å². The molecule has 0 aliphatic heterocycles. The van der Waals surface area contributed by atoms with Crippen molar-refractivity contribution < 1.29 is 14.0 Å². The summed E-state index contributed by atoms with van der Waals surface area (Å²) in [6.07, 6.45) is 1.65. The smallest absolute Gasteiger partial charge is 0.274 e. The summed E-state index contributed by atoms with van der Waals surface area (Å²) in [5.74, 6) is -1.07. The summed E-state index contributed by atoms with van der Waals surface area (Å²) in [5, 5.41) is 4.25. The van der Waals surface area contributed by atoms with E-state index in [9.17, 15) is 14.0 Å². The number of rotatable bonds is 5. The molecule has 7 heteroatoms. The SMILES string of the molecule is CN(Cc1ccc(C(N)=O)cc1)C(=O)c1ccn(-c2ccc(F)cc2)n1. The highest BCUT2D eigenvalue weighted by atomic mass is 19.1. The summed E-state index contributed by atoms with van der Waals surface area (Å²) < 4.78 is 14.5. The van der Waals surface area contributed by atoms with E-state index in [-0.39, 0.29) is 17.4 Å². The van der Waals surface area contributed by atoms with Crippen LogP contribution in [-0.2, 0) is 6.54 Å². The summed E-state index contributed by atoms with van der Waals surface area (Å²) in [7, 11) is 1.67. The van der Waals surface area contributed by atoms with Gasteiger partial charge in [0.05, 0.1) is 5.69 Å². The number of carbonyl (C=O) groups is 2. The zero-order chi connectivity index (χ0) is 18.7. The molecule has 1 heterocycles. The Morgan fingerprint density at radius 1 is 1.08 bits per heavy atom. The molecule has 2 N–H and O–H groups in total. The lowest BCUT2D eigenvalue weighted by molar-refractivity contribution is 0.0778. The number of halogens is 1. The number of hydrogen-bond donors (Lipinski definition) is 1. The molecule has 0 saturated carbocycles. The number of primary amides is 1. The highest BCUT2D eigenvalue weighted by Gasteiger charge is 2.15. The molecule has 0 saturated heterocycles. The molecule has 0 bridgehead atoms. The Hall–Kier alpha value is -3.48. The van der Waals surface area contributed by atoms with E-state index in [2.05, 4.69) is 5.10 Å². The standard InChI is InChI=1S/C19H17FN4O2/c1-23(12-13-2-4-14(5-3-13)18(21)25)19(26)17-10-11-24(22-17)16-8-6-15(20)7-9-16/h2-11H,12H2,1H3,(H2,21,25). The Bertz CT molecular complexity index is 933. The molecule has 0 aliphatic carbocycles. The molecule has 0 radical (unpaired) electrons. The van der Waals surface area contributed by atoms with Crippen molar-refractivity contribution in [1.82, 2.24) is 14.7 Å². The maximum atomic E-state index is 13.0. The van der Waals surface area contributed by atoms with Gasteiger partial charge in [0.15, 0.2) is 5.69 Å². The number of hydrogen-bond acceptors (Lipinski definition) is 3. The fourth-order valence-corrected chi connectivity index (χ4v) is 2.49. The van der Waals surface area contributed by atoms with E-state index in [0.717, 1.165) is 5.56 Å². The molecular formula is C19H17FN4O2. The van der Waals surface area contributed by atoms with Crippen molar-refractivity contribution in [1.29, 1.82) is 0 Å². The first-order valence-corrected chi connectivity index (χ1v) is 7.90. The summed E-state index contributed by atoms with van der Waals surface area (Å²) in [5.41, 5.74) is 7.44. The van der Waals surface area contributed by atoms with Crippen molar-refractivity contribution in [2.75, 3.05) is 7.05 Å². The van der Waals surface area contributed by atoms with Crippen LogP contribution in [0.15, 0.2) is 60.8 Å². The summed E-state index contributed by atoms with van der Waals surface area (Å²) in [6, 6.07) is 14.2. The molecule has 0 aliphatic rings. The highest BCUT2D eigenvalue weighted by molar-refractivity contribution is 5.93. The van der Waals surface area contributed by atoms with Gasteiger partial charge in [-0.15, -0.1) is 0 Å². The molecule has 0 unspecified atom stereocenters. The van der Waals surface area contributed by atoms with Crippen LogP contribution < -0.4 is 5.73 Å². The third-order valence-electron chi connectivity index (χ3n) is 3.90. The van der Waals surface area contributed by atoms with Gasteiger partial charge in [-0.05, 0) is 48.0 Å². The van der Waals surface area contributed by atoms with E-state index in [0.29, 0.717) is 17.8 Å². The molecule has 26 heavy (non-hydrogen) atoms. The molecular weight excluding hydrogens is 335 g/mol. The second kappa shape index (κ2) is 7.18. The van der Waals surface area contributed by atoms with Crippen molar-refractivity contribution in [3.63, 3.8) is 0 Å². The van der Waals surface area contributed by atoms with Crippen molar-refractivity contribution >= 4 is 11.8 Å². The van der Waals surface area contributed by atoms with Crippen LogP contribution in [0.4, 0.5) is 4.39 Å². The number of amides is 2. The lowest BCUT2D eigenvalue weighted by Gasteiger charge is -2.16. The van der Waals surface area contributed by atoms with Gasteiger partial charge in [0.25, 0.3) is 5.91 Å². The molecule has 0 atom stereocenters. The average Bonchev–Trinajstić information content (AvgIpc) is 3.12. The summed E-state index contributed by atoms with van der Waals surface area (Å²) in [6.45, 7) is 0.362. The Morgan fingerprint density at radius 2 is 1.73 bits per heavy atom. The van der Waals surface area contributed by atoms with Crippen LogP contribution in [0.1, 0.15) is 26.4 Å². The zero-order valence-electron chi connectivity index (χ0n) is 14.1. The van der Waals surface area contributed by atoms with Gasteiger partial charge >= 0.3 is 0 Å². The Labute approximate surface area is 149 Å². The molecule has 0 fully saturated rings. The van der Waals surface area contributed by atoms with Crippen molar-refractivity contribution in [3.8, 4) is 5.69 Å². The Morgan fingerprint density at radius 3 is 2.35 bits per heavy atom. The van der Waals surface area contributed by atoms with Gasteiger partial charge < -0.3 is 10.6 Å². The number of nitrogens with zero attached hydrogens (tertiary/aromatic N) is 3. The van der Waals surface area contributed by atoms with E-state index in [1.165, 1.54) is 21.7 Å². The first-order valence-electron chi connectivity index (χ1n) is 7.90. The lowest BCUT2D eigenvalue weighted by atomic mass is 10.1. The fraction of sp³-hybridized carbons (Fsp3) is 0.105. The number of benzene rings is 2. The molecule has 1 aromatic heterocycles. The van der Waals surface area contributed by atoms with E-state index in [1.807, 2.05) is 0 Å². The second-order valence-electron chi connectivity index (χ2n) is 5.84. The second-order valence-corrected chi connectivity index (χ2v) is 5.84. The van der Waals surface area contributed by atoms with E-state index in [4.69, 9.17) is 5.73 Å². The molecule has 6 nitrogen and oxygen atoms in total. The first kappa shape index (κ1) is 17.3. The predicted molar refractivity (Wildman–Crippen MR) is 94.3 cm³/mol. The summed E-state index contributed by atoms with van der Waals surface area (Å²) >= 11 is 0. The molecule has 3 aromatic rings. The third-order valence-corrected chi connectivity index (χ3v) is 3.90. The van der Waals surface area contributed by atoms with Gasteiger partial charge in [-0.2, -0.15) is 5.10 Å². The lowest BCUT2D eigenvalue weighted by Crippen LogP contribution is -2.26. The Balaban J connectivity index is 1.70. The van der Waals surface area contributed by atoms with Gasteiger partial charge in [-0.3, -0.25) is 9.59 Å². The topological polar surface area (TPSA) is 81.2 Å². The highest BCUT2D eigenvalue weighted by Crippen LogP contribution is 2.12. The number of carbonyl (C=O) groups excluding carboxylic acids is 2. The van der Waals surface area contributed by atoms with Crippen LogP contribution in [0.25, 0.3) is 5.69 Å². The quantitative estimate of drug-likeness (QED) is 0.765. The average molecular weight is 352 g/mol. The molecule has 2 aromatic carbocycles. The maximum Gasteiger partial charge on any atom is 0.274 e. The van der Waals surface area contributed by atoms with Gasteiger partial charge in [0.1, 0.15) is 5.82 Å².